The van der Waals surface area contributed by atoms with Crippen LogP contribution in [0.15, 0.2) is 113 Å². The van der Waals surface area contributed by atoms with Crippen LogP contribution in [0.4, 0.5) is 11.4 Å². The average Bonchev–Trinajstić information content (AvgIpc) is 3.00. The van der Waals surface area contributed by atoms with Gasteiger partial charge in [-0.15, -0.1) is 0 Å². The minimum Gasteiger partial charge on any atom is -0.494 e. The van der Waals surface area contributed by atoms with Gasteiger partial charge in [0.1, 0.15) is 12.3 Å². The SMILES string of the molecule is CCOc1ccc(N(CC(=O)N/N=C(/C)c2cccc(NC(=O)c3cccc(Cl)c3)c2)S(=O)(=O)c2ccccc2)cc1. The third-order valence-electron chi connectivity index (χ3n) is 6.03. The third kappa shape index (κ3) is 7.74. The van der Waals surface area contributed by atoms with Crippen LogP contribution in [0.25, 0.3) is 0 Å². The van der Waals surface area contributed by atoms with E-state index in [0.717, 1.165) is 4.31 Å². The number of hydrazone groups is 1. The molecule has 0 aliphatic rings. The molecule has 2 N–H and O–H groups in total. The largest absolute Gasteiger partial charge is 0.494 e. The fourth-order valence-corrected chi connectivity index (χ4v) is 5.57. The van der Waals surface area contributed by atoms with Gasteiger partial charge in [-0.3, -0.25) is 13.9 Å². The number of anilines is 2. The molecule has 0 saturated carbocycles. The first-order valence-corrected chi connectivity index (χ1v) is 14.8. The minimum atomic E-state index is -4.07. The molecule has 0 spiro atoms. The van der Waals surface area contributed by atoms with Crippen molar-refractivity contribution in [2.24, 2.45) is 5.10 Å². The molecule has 4 rings (SSSR count). The number of carbonyl (C=O) groups is 2. The number of hydrogen-bond donors (Lipinski definition) is 2. The maximum Gasteiger partial charge on any atom is 0.264 e. The van der Waals surface area contributed by atoms with Crippen LogP contribution in [0.1, 0.15) is 29.8 Å². The van der Waals surface area contributed by atoms with Crippen molar-refractivity contribution >= 4 is 50.5 Å². The Morgan fingerprint density at radius 3 is 2.26 bits per heavy atom. The molecule has 216 valence electrons. The molecule has 4 aromatic carbocycles. The highest BCUT2D eigenvalue weighted by atomic mass is 35.5. The quantitative estimate of drug-likeness (QED) is 0.168. The monoisotopic (exact) mass is 604 g/mol. The number of halogens is 1. The molecular weight excluding hydrogens is 576 g/mol. The van der Waals surface area contributed by atoms with Crippen molar-refractivity contribution < 1.29 is 22.7 Å². The molecule has 0 fully saturated rings. The van der Waals surface area contributed by atoms with E-state index in [-0.39, 0.29) is 10.8 Å². The Labute approximate surface area is 249 Å². The Morgan fingerprint density at radius 1 is 0.881 bits per heavy atom. The normalized spacial score (nSPS) is 11.5. The number of ether oxygens (including phenoxy) is 1. The summed E-state index contributed by atoms with van der Waals surface area (Å²) in [6.45, 7) is 3.48. The fourth-order valence-electron chi connectivity index (χ4n) is 3.94. The summed E-state index contributed by atoms with van der Waals surface area (Å²) in [7, 11) is -4.07. The molecule has 0 heterocycles. The van der Waals surface area contributed by atoms with Gasteiger partial charge in [-0.2, -0.15) is 5.10 Å². The van der Waals surface area contributed by atoms with Crippen LogP contribution in [0, 0.1) is 0 Å². The Balaban J connectivity index is 1.50. The van der Waals surface area contributed by atoms with Gasteiger partial charge >= 0.3 is 0 Å². The molecule has 0 aliphatic carbocycles. The lowest BCUT2D eigenvalue weighted by Crippen LogP contribution is -2.39. The molecule has 0 atom stereocenters. The molecule has 0 aliphatic heterocycles. The Bertz CT molecular complexity index is 1690. The molecular formula is C31H29ClN4O5S. The summed E-state index contributed by atoms with van der Waals surface area (Å²) in [5.74, 6) is -0.395. The van der Waals surface area contributed by atoms with Crippen LogP contribution >= 0.6 is 11.6 Å². The lowest BCUT2D eigenvalue weighted by Gasteiger charge is -2.24. The first-order chi connectivity index (χ1) is 20.2. The predicted octanol–water partition coefficient (Wildman–Crippen LogP) is 5.73. The second kappa shape index (κ2) is 13.8. The highest BCUT2D eigenvalue weighted by molar-refractivity contribution is 7.92. The molecule has 0 aromatic heterocycles. The van der Waals surface area contributed by atoms with Crippen molar-refractivity contribution in [2.45, 2.75) is 18.7 Å². The molecule has 0 radical (unpaired) electrons. The van der Waals surface area contributed by atoms with Crippen LogP contribution < -0.4 is 19.8 Å². The first kappa shape index (κ1) is 30.3. The van der Waals surface area contributed by atoms with E-state index < -0.39 is 22.5 Å². The topological polar surface area (TPSA) is 117 Å². The molecule has 0 bridgehead atoms. The van der Waals surface area contributed by atoms with Crippen LogP contribution in [0.2, 0.25) is 5.02 Å². The van der Waals surface area contributed by atoms with E-state index in [4.69, 9.17) is 16.3 Å². The van der Waals surface area contributed by atoms with Gasteiger partial charge in [0.2, 0.25) is 0 Å². The number of nitrogens with one attached hydrogen (secondary N) is 2. The van der Waals surface area contributed by atoms with Crippen LogP contribution in [0.3, 0.4) is 0 Å². The number of benzene rings is 4. The van der Waals surface area contributed by atoms with E-state index in [2.05, 4.69) is 15.8 Å². The number of amides is 2. The van der Waals surface area contributed by atoms with Crippen LogP contribution in [-0.2, 0) is 14.8 Å². The molecule has 0 unspecified atom stereocenters. The molecule has 42 heavy (non-hydrogen) atoms. The van der Waals surface area contributed by atoms with Gasteiger partial charge < -0.3 is 10.1 Å². The zero-order valence-electron chi connectivity index (χ0n) is 23.0. The van der Waals surface area contributed by atoms with E-state index >= 15 is 0 Å². The first-order valence-electron chi connectivity index (χ1n) is 13.0. The average molecular weight is 605 g/mol. The number of carbonyl (C=O) groups excluding carboxylic acids is 2. The summed E-state index contributed by atoms with van der Waals surface area (Å²) < 4.78 is 33.5. The van der Waals surface area contributed by atoms with Crippen LogP contribution in [0.5, 0.6) is 5.75 Å². The highest BCUT2D eigenvalue weighted by Gasteiger charge is 2.27. The van der Waals surface area contributed by atoms with Crippen molar-refractivity contribution in [3.05, 3.63) is 119 Å². The van der Waals surface area contributed by atoms with Gasteiger partial charge in [-0.25, -0.2) is 13.8 Å². The second-order valence-electron chi connectivity index (χ2n) is 9.03. The maximum absolute atomic E-state index is 13.5. The van der Waals surface area contributed by atoms with Crippen molar-refractivity contribution in [1.82, 2.24) is 5.43 Å². The molecule has 4 aromatic rings. The van der Waals surface area contributed by atoms with Crippen LogP contribution in [-0.4, -0.2) is 39.1 Å². The maximum atomic E-state index is 13.5. The summed E-state index contributed by atoms with van der Waals surface area (Å²) in [6.07, 6.45) is 0. The number of nitrogens with zero attached hydrogens (tertiary/aromatic N) is 2. The van der Waals surface area contributed by atoms with Gasteiger partial charge in [-0.05, 0) is 86.1 Å². The summed E-state index contributed by atoms with van der Waals surface area (Å²) in [5.41, 5.74) is 4.75. The summed E-state index contributed by atoms with van der Waals surface area (Å²) in [5, 5.41) is 7.43. The van der Waals surface area contributed by atoms with Crippen molar-refractivity contribution in [2.75, 3.05) is 22.8 Å². The van der Waals surface area contributed by atoms with Crippen molar-refractivity contribution in [3.8, 4) is 5.75 Å². The zero-order chi connectivity index (χ0) is 30.1. The van der Waals surface area contributed by atoms with Gasteiger partial charge in [-0.1, -0.05) is 48.0 Å². The Morgan fingerprint density at radius 2 is 1.57 bits per heavy atom. The van der Waals surface area contributed by atoms with Gasteiger partial charge in [0.05, 0.1) is 22.9 Å². The lowest BCUT2D eigenvalue weighted by molar-refractivity contribution is -0.119. The highest BCUT2D eigenvalue weighted by Crippen LogP contribution is 2.26. The molecule has 11 heteroatoms. The lowest BCUT2D eigenvalue weighted by atomic mass is 10.1. The van der Waals surface area contributed by atoms with E-state index in [9.17, 15) is 18.0 Å². The Hall–Kier alpha value is -4.67. The van der Waals surface area contributed by atoms with E-state index in [0.29, 0.717) is 45.6 Å². The molecule has 2 amide bonds. The van der Waals surface area contributed by atoms with Gasteiger partial charge in [0.25, 0.3) is 21.8 Å². The van der Waals surface area contributed by atoms with Crippen molar-refractivity contribution in [1.29, 1.82) is 0 Å². The summed E-state index contributed by atoms with van der Waals surface area (Å²) in [6, 6.07) is 27.9. The van der Waals surface area contributed by atoms with Gasteiger partial charge in [0, 0.05) is 16.3 Å². The zero-order valence-corrected chi connectivity index (χ0v) is 24.5. The summed E-state index contributed by atoms with van der Waals surface area (Å²) in [4.78, 5) is 25.6. The predicted molar refractivity (Wildman–Crippen MR) is 165 cm³/mol. The van der Waals surface area contributed by atoms with E-state index in [1.54, 1.807) is 97.9 Å². The summed E-state index contributed by atoms with van der Waals surface area (Å²) >= 11 is 5.99. The standard InChI is InChI=1S/C31H29ClN4O5S/c1-3-41-28-17-15-27(16-18-28)36(42(39,40)29-13-5-4-6-14-29)21-30(37)35-34-22(2)23-9-8-12-26(20-23)33-31(38)24-10-7-11-25(32)19-24/h4-20H,3,21H2,1-2H3,(H,33,38)(H,35,37)/b34-22-. The minimum absolute atomic E-state index is 0.0444. The second-order valence-corrected chi connectivity index (χ2v) is 11.3. The third-order valence-corrected chi connectivity index (χ3v) is 8.05. The molecule has 9 nitrogen and oxygen atoms in total. The van der Waals surface area contributed by atoms with Gasteiger partial charge in [0.15, 0.2) is 0 Å². The number of sulfonamides is 1. The fraction of sp³-hybridized carbons (Fsp3) is 0.129. The molecule has 0 saturated heterocycles. The van der Waals surface area contributed by atoms with E-state index in [1.165, 1.54) is 12.1 Å². The van der Waals surface area contributed by atoms with Crippen molar-refractivity contribution in [3.63, 3.8) is 0 Å². The Kier molecular flexibility index (Phi) is 9.95. The number of rotatable bonds is 11. The number of hydrogen-bond acceptors (Lipinski definition) is 6. The van der Waals surface area contributed by atoms with E-state index in [1.807, 2.05) is 6.92 Å². The smallest absolute Gasteiger partial charge is 0.264 e.